The zero-order valence-electron chi connectivity index (χ0n) is 17.1. The molecule has 27 heavy (non-hydrogen) atoms. The Labute approximate surface area is 162 Å². The Bertz CT molecular complexity index is 811. The summed E-state index contributed by atoms with van der Waals surface area (Å²) >= 11 is 0. The van der Waals surface area contributed by atoms with Crippen LogP contribution in [0, 0.1) is 6.92 Å². The lowest BCUT2D eigenvalue weighted by atomic mass is 10.00. The minimum Gasteiger partial charge on any atom is -0.341 e. The van der Waals surface area contributed by atoms with Crippen molar-refractivity contribution < 1.29 is 4.79 Å². The van der Waals surface area contributed by atoms with Gasteiger partial charge < -0.3 is 14.8 Å². The van der Waals surface area contributed by atoms with E-state index in [0.29, 0.717) is 0 Å². The summed E-state index contributed by atoms with van der Waals surface area (Å²) in [5, 5.41) is 7.75. The van der Waals surface area contributed by atoms with Gasteiger partial charge in [0.05, 0.1) is 5.54 Å². The molecule has 6 heteroatoms. The number of hydrazone groups is 1. The van der Waals surface area contributed by atoms with Gasteiger partial charge in [-0.05, 0) is 63.9 Å². The van der Waals surface area contributed by atoms with Crippen LogP contribution in [-0.4, -0.2) is 40.3 Å². The summed E-state index contributed by atoms with van der Waals surface area (Å²) in [7, 11) is 0. The summed E-state index contributed by atoms with van der Waals surface area (Å²) in [6.45, 7) is 16.5. The number of carbonyl (C=O) groups is 1. The van der Waals surface area contributed by atoms with Crippen molar-refractivity contribution in [3.8, 4) is 0 Å². The van der Waals surface area contributed by atoms with Crippen molar-refractivity contribution in [3.63, 3.8) is 0 Å². The van der Waals surface area contributed by atoms with Crippen molar-refractivity contribution >= 4 is 17.8 Å². The summed E-state index contributed by atoms with van der Waals surface area (Å²) in [5.74, 6) is 0.749. The van der Waals surface area contributed by atoms with E-state index in [9.17, 15) is 4.79 Å². The van der Waals surface area contributed by atoms with E-state index in [1.807, 2.05) is 25.7 Å². The highest BCUT2D eigenvalue weighted by molar-refractivity contribution is 5.96. The lowest BCUT2D eigenvalue weighted by molar-refractivity contribution is -0.124. The first-order valence-corrected chi connectivity index (χ1v) is 9.71. The maximum absolute atomic E-state index is 12.3. The SMILES string of the molecule is C=C(C)/C(=C\c1c(C)ccn1[C@]1(C)CCNC1)N1C(CC)=NNC(=O)[C@H]1C. The Balaban J connectivity index is 2.12. The van der Waals surface area contributed by atoms with Gasteiger partial charge >= 0.3 is 0 Å². The molecule has 2 aliphatic heterocycles. The molecule has 0 bridgehead atoms. The van der Waals surface area contributed by atoms with Gasteiger partial charge in [-0.25, -0.2) is 5.43 Å². The molecule has 1 saturated heterocycles. The van der Waals surface area contributed by atoms with E-state index in [1.54, 1.807) is 0 Å². The van der Waals surface area contributed by atoms with Crippen LogP contribution in [0.2, 0.25) is 0 Å². The van der Waals surface area contributed by atoms with E-state index in [0.717, 1.165) is 48.7 Å². The Morgan fingerprint density at radius 3 is 2.85 bits per heavy atom. The third-order valence-corrected chi connectivity index (χ3v) is 5.69. The highest BCUT2D eigenvalue weighted by Gasteiger charge is 2.33. The number of aromatic nitrogens is 1. The number of amides is 1. The highest BCUT2D eigenvalue weighted by Crippen LogP contribution is 2.31. The molecule has 0 spiro atoms. The lowest BCUT2D eigenvalue weighted by Crippen LogP contribution is -2.51. The first kappa shape index (κ1) is 19.4. The van der Waals surface area contributed by atoms with Crippen molar-refractivity contribution in [1.29, 1.82) is 0 Å². The number of rotatable bonds is 5. The number of allylic oxidation sites excluding steroid dienone is 1. The molecule has 146 valence electrons. The van der Waals surface area contributed by atoms with Crippen LogP contribution in [0.5, 0.6) is 0 Å². The van der Waals surface area contributed by atoms with Crippen LogP contribution in [0.4, 0.5) is 0 Å². The topological polar surface area (TPSA) is 61.7 Å². The molecule has 3 heterocycles. The van der Waals surface area contributed by atoms with E-state index in [-0.39, 0.29) is 17.5 Å². The fourth-order valence-electron chi connectivity index (χ4n) is 3.94. The van der Waals surface area contributed by atoms with Crippen LogP contribution >= 0.6 is 0 Å². The van der Waals surface area contributed by atoms with Crippen LogP contribution < -0.4 is 10.7 Å². The summed E-state index contributed by atoms with van der Waals surface area (Å²) in [4.78, 5) is 14.3. The van der Waals surface area contributed by atoms with E-state index in [1.165, 1.54) is 5.56 Å². The second-order valence-corrected chi connectivity index (χ2v) is 7.89. The van der Waals surface area contributed by atoms with Crippen molar-refractivity contribution in [2.24, 2.45) is 5.10 Å². The second kappa shape index (κ2) is 7.35. The normalized spacial score (nSPS) is 26.2. The van der Waals surface area contributed by atoms with Gasteiger partial charge in [0.25, 0.3) is 5.91 Å². The molecular formula is C21H31N5O. The van der Waals surface area contributed by atoms with Crippen LogP contribution in [0.15, 0.2) is 35.2 Å². The monoisotopic (exact) mass is 369 g/mol. The molecule has 6 nitrogen and oxygen atoms in total. The summed E-state index contributed by atoms with van der Waals surface area (Å²) < 4.78 is 2.36. The van der Waals surface area contributed by atoms with E-state index >= 15 is 0 Å². The molecule has 1 amide bonds. The third kappa shape index (κ3) is 3.46. The van der Waals surface area contributed by atoms with Crippen LogP contribution in [0.1, 0.15) is 51.8 Å². The largest absolute Gasteiger partial charge is 0.341 e. The Kier molecular flexibility index (Phi) is 5.29. The first-order chi connectivity index (χ1) is 12.8. The van der Waals surface area contributed by atoms with Gasteiger partial charge in [0.1, 0.15) is 11.9 Å². The number of hydrogen-bond acceptors (Lipinski definition) is 4. The molecule has 0 aliphatic carbocycles. The van der Waals surface area contributed by atoms with Gasteiger partial charge in [-0.15, -0.1) is 0 Å². The van der Waals surface area contributed by atoms with Gasteiger partial charge in [-0.1, -0.05) is 13.5 Å². The molecule has 0 saturated carbocycles. The maximum atomic E-state index is 12.3. The van der Waals surface area contributed by atoms with Gasteiger partial charge in [0, 0.05) is 30.6 Å². The summed E-state index contributed by atoms with van der Waals surface area (Å²) in [6.07, 6.45) is 6.16. The number of carbonyl (C=O) groups excluding carboxylic acids is 1. The average molecular weight is 370 g/mol. The number of nitrogens with one attached hydrogen (secondary N) is 2. The number of amidine groups is 1. The quantitative estimate of drug-likeness (QED) is 0.785. The van der Waals surface area contributed by atoms with Crippen molar-refractivity contribution in [3.05, 3.63) is 41.4 Å². The average Bonchev–Trinajstić information content (AvgIpc) is 3.22. The van der Waals surface area contributed by atoms with Crippen LogP contribution in [-0.2, 0) is 10.3 Å². The van der Waals surface area contributed by atoms with Gasteiger partial charge in [-0.3, -0.25) is 4.79 Å². The van der Waals surface area contributed by atoms with E-state index in [4.69, 9.17) is 0 Å². The number of hydrogen-bond donors (Lipinski definition) is 2. The summed E-state index contributed by atoms with van der Waals surface area (Å²) in [6, 6.07) is 1.83. The fraction of sp³-hybridized carbons (Fsp3) is 0.524. The van der Waals surface area contributed by atoms with E-state index in [2.05, 4.69) is 59.2 Å². The zero-order chi connectivity index (χ0) is 19.8. The molecule has 0 aromatic carbocycles. The molecular weight excluding hydrogens is 338 g/mol. The molecule has 0 unspecified atom stereocenters. The molecule has 1 fully saturated rings. The highest BCUT2D eigenvalue weighted by atomic mass is 16.2. The third-order valence-electron chi connectivity index (χ3n) is 5.69. The maximum Gasteiger partial charge on any atom is 0.262 e. The van der Waals surface area contributed by atoms with Crippen molar-refractivity contribution in [2.75, 3.05) is 13.1 Å². The minimum atomic E-state index is -0.326. The smallest absolute Gasteiger partial charge is 0.262 e. The molecule has 0 radical (unpaired) electrons. The Morgan fingerprint density at radius 1 is 1.52 bits per heavy atom. The number of nitrogens with zero attached hydrogens (tertiary/aromatic N) is 3. The van der Waals surface area contributed by atoms with Crippen molar-refractivity contribution in [2.45, 2.75) is 59.0 Å². The lowest BCUT2D eigenvalue weighted by Gasteiger charge is -2.36. The first-order valence-electron chi connectivity index (χ1n) is 9.71. The molecule has 1 aromatic heterocycles. The fourth-order valence-corrected chi connectivity index (χ4v) is 3.94. The van der Waals surface area contributed by atoms with Crippen LogP contribution in [0.3, 0.4) is 0 Å². The van der Waals surface area contributed by atoms with Gasteiger partial charge in [-0.2, -0.15) is 5.10 Å². The molecule has 1 aromatic rings. The standard InChI is InChI=1S/C21H31N5O/c1-7-19-23-24-20(27)16(5)26(19)17(14(2)3)12-18-15(4)8-11-25(18)21(6)9-10-22-13-21/h8,11-12,16,22H,2,7,9-10,13H2,1,3-6H3,(H,24,27)/b17-12+/t16-,21-/m1/s1. The Hall–Kier alpha value is -2.34. The zero-order valence-corrected chi connectivity index (χ0v) is 17.1. The molecule has 2 N–H and O–H groups in total. The second-order valence-electron chi connectivity index (χ2n) is 7.89. The summed E-state index contributed by atoms with van der Waals surface area (Å²) in [5.41, 5.74) is 6.90. The van der Waals surface area contributed by atoms with Crippen LogP contribution in [0.25, 0.3) is 6.08 Å². The van der Waals surface area contributed by atoms with Crippen molar-refractivity contribution in [1.82, 2.24) is 20.2 Å². The Morgan fingerprint density at radius 2 is 2.26 bits per heavy atom. The minimum absolute atomic E-state index is 0.0485. The molecule has 2 aliphatic rings. The molecule has 3 rings (SSSR count). The predicted octanol–water partition coefficient (Wildman–Crippen LogP) is 2.97. The molecule has 2 atom stereocenters. The number of aryl methyl sites for hydroxylation is 1. The predicted molar refractivity (Wildman–Crippen MR) is 110 cm³/mol. The van der Waals surface area contributed by atoms with E-state index < -0.39 is 0 Å². The van der Waals surface area contributed by atoms with Gasteiger partial charge in [0.15, 0.2) is 0 Å². The van der Waals surface area contributed by atoms with Gasteiger partial charge in [0.2, 0.25) is 0 Å².